The van der Waals surface area contributed by atoms with Gasteiger partial charge in [0.2, 0.25) is 0 Å². The molecule has 0 bridgehead atoms. The van der Waals surface area contributed by atoms with E-state index < -0.39 is 11.8 Å². The summed E-state index contributed by atoms with van der Waals surface area (Å²) in [6.07, 6.45) is 0. The van der Waals surface area contributed by atoms with E-state index in [2.05, 4.69) is 0 Å². The minimum Gasteiger partial charge on any atom is -0.378 e. The second-order valence-electron chi connectivity index (χ2n) is 2.35. The van der Waals surface area contributed by atoms with Gasteiger partial charge in [-0.2, -0.15) is 0 Å². The number of hydroxylamine groups is 1. The van der Waals surface area contributed by atoms with Crippen LogP contribution >= 0.6 is 0 Å². The summed E-state index contributed by atoms with van der Waals surface area (Å²) in [5.41, 5.74) is 1.29. The molecule has 0 unspecified atom stereocenters. The van der Waals surface area contributed by atoms with E-state index >= 15 is 0 Å². The number of ether oxygens (including phenoxy) is 1. The van der Waals surface area contributed by atoms with Gasteiger partial charge in [-0.15, -0.1) is 0 Å². The highest BCUT2D eigenvalue weighted by Gasteiger charge is 2.22. The van der Waals surface area contributed by atoms with Crippen molar-refractivity contribution in [2.24, 2.45) is 0 Å². The highest BCUT2D eigenvalue weighted by atomic mass is 16.5. The molecule has 0 radical (unpaired) electrons. The topological polar surface area (TPSA) is 78.9 Å². The first kappa shape index (κ1) is 8.95. The second kappa shape index (κ2) is 4.03. The van der Waals surface area contributed by atoms with Gasteiger partial charge in [-0.05, 0) is 0 Å². The Balaban J connectivity index is 2.45. The molecular formula is C6H10N2O4. The Bertz CT molecular complexity index is 188. The van der Waals surface area contributed by atoms with Gasteiger partial charge in [0, 0.05) is 13.1 Å². The van der Waals surface area contributed by atoms with Crippen LogP contribution < -0.4 is 5.48 Å². The van der Waals surface area contributed by atoms with Crippen molar-refractivity contribution in [3.8, 4) is 0 Å². The van der Waals surface area contributed by atoms with Crippen LogP contribution in [0, 0.1) is 0 Å². The van der Waals surface area contributed by atoms with Gasteiger partial charge in [0.15, 0.2) is 0 Å². The molecule has 1 heterocycles. The number of nitrogens with one attached hydrogen (secondary N) is 1. The van der Waals surface area contributed by atoms with Gasteiger partial charge in [-0.1, -0.05) is 0 Å². The van der Waals surface area contributed by atoms with Gasteiger partial charge >= 0.3 is 11.8 Å². The molecule has 1 rings (SSSR count). The first-order chi connectivity index (χ1) is 5.75. The predicted octanol–water partition coefficient (Wildman–Crippen LogP) is -1.65. The van der Waals surface area contributed by atoms with E-state index in [1.807, 2.05) is 0 Å². The largest absolute Gasteiger partial charge is 0.378 e. The Labute approximate surface area is 69.1 Å². The van der Waals surface area contributed by atoms with E-state index in [-0.39, 0.29) is 0 Å². The standard InChI is InChI=1S/C6H10N2O4/c9-5(7-11)6(10)8-1-3-12-4-2-8/h11H,1-4H2,(H,7,9). The first-order valence-electron chi connectivity index (χ1n) is 3.57. The maximum Gasteiger partial charge on any atom is 0.332 e. The van der Waals surface area contributed by atoms with Crippen molar-refractivity contribution in [2.45, 2.75) is 0 Å². The number of amides is 2. The van der Waals surface area contributed by atoms with E-state index in [0.29, 0.717) is 26.3 Å². The monoisotopic (exact) mass is 174 g/mol. The number of nitrogens with zero attached hydrogens (tertiary/aromatic N) is 1. The van der Waals surface area contributed by atoms with Crippen LogP contribution in [-0.4, -0.2) is 48.2 Å². The number of carbonyl (C=O) groups is 2. The normalized spacial score (nSPS) is 17.2. The average molecular weight is 174 g/mol. The van der Waals surface area contributed by atoms with Crippen molar-refractivity contribution in [1.29, 1.82) is 0 Å². The first-order valence-corrected chi connectivity index (χ1v) is 3.57. The molecule has 0 saturated carbocycles. The van der Waals surface area contributed by atoms with Gasteiger partial charge in [-0.25, -0.2) is 5.48 Å². The van der Waals surface area contributed by atoms with Crippen molar-refractivity contribution in [3.63, 3.8) is 0 Å². The fourth-order valence-corrected chi connectivity index (χ4v) is 0.958. The molecule has 6 heteroatoms. The van der Waals surface area contributed by atoms with Crippen LogP contribution in [0.15, 0.2) is 0 Å². The summed E-state index contributed by atoms with van der Waals surface area (Å²) < 4.78 is 4.98. The highest BCUT2D eigenvalue weighted by molar-refractivity contribution is 6.34. The molecule has 2 N–H and O–H groups in total. The van der Waals surface area contributed by atoms with Crippen LogP contribution in [0.3, 0.4) is 0 Å². The fraction of sp³-hybridized carbons (Fsp3) is 0.667. The highest BCUT2D eigenvalue weighted by Crippen LogP contribution is 1.96. The Morgan fingerprint density at radius 2 is 1.92 bits per heavy atom. The molecule has 1 saturated heterocycles. The van der Waals surface area contributed by atoms with Crippen molar-refractivity contribution in [3.05, 3.63) is 0 Å². The lowest BCUT2D eigenvalue weighted by Gasteiger charge is -2.25. The van der Waals surface area contributed by atoms with Crippen LogP contribution in [-0.2, 0) is 14.3 Å². The fourth-order valence-electron chi connectivity index (χ4n) is 0.958. The van der Waals surface area contributed by atoms with Crippen molar-refractivity contribution < 1.29 is 19.5 Å². The summed E-state index contributed by atoms with van der Waals surface area (Å²) in [7, 11) is 0. The molecule has 2 amide bonds. The van der Waals surface area contributed by atoms with Gasteiger partial charge in [-0.3, -0.25) is 14.8 Å². The molecule has 1 aliphatic heterocycles. The molecule has 1 aliphatic rings. The third-order valence-corrected chi connectivity index (χ3v) is 1.59. The Morgan fingerprint density at radius 1 is 1.33 bits per heavy atom. The van der Waals surface area contributed by atoms with E-state index in [9.17, 15) is 9.59 Å². The number of hydrogen-bond donors (Lipinski definition) is 2. The minimum absolute atomic E-state index is 0.395. The Kier molecular flexibility index (Phi) is 3.01. The summed E-state index contributed by atoms with van der Waals surface area (Å²) in [5.74, 6) is -1.72. The molecule has 0 atom stereocenters. The lowest BCUT2D eigenvalue weighted by molar-refractivity contribution is -0.152. The molecular weight excluding hydrogens is 164 g/mol. The molecule has 0 spiro atoms. The van der Waals surface area contributed by atoms with E-state index in [4.69, 9.17) is 9.94 Å². The lowest BCUT2D eigenvalue weighted by Crippen LogP contribution is -2.47. The SMILES string of the molecule is O=C(NO)C(=O)N1CCOCC1. The van der Waals surface area contributed by atoms with Gasteiger partial charge in [0.25, 0.3) is 0 Å². The van der Waals surface area contributed by atoms with Crippen molar-refractivity contribution in [1.82, 2.24) is 10.4 Å². The molecule has 0 aromatic heterocycles. The van der Waals surface area contributed by atoms with Crippen molar-refractivity contribution in [2.75, 3.05) is 26.3 Å². The average Bonchev–Trinajstić information content (AvgIpc) is 2.17. The Morgan fingerprint density at radius 3 is 2.42 bits per heavy atom. The van der Waals surface area contributed by atoms with E-state index in [1.165, 1.54) is 10.4 Å². The zero-order valence-electron chi connectivity index (χ0n) is 6.45. The molecule has 6 nitrogen and oxygen atoms in total. The molecule has 0 aliphatic carbocycles. The quantitative estimate of drug-likeness (QED) is 0.262. The number of hydrogen-bond acceptors (Lipinski definition) is 4. The van der Waals surface area contributed by atoms with Crippen LogP contribution in [0.4, 0.5) is 0 Å². The zero-order valence-corrected chi connectivity index (χ0v) is 6.45. The van der Waals surface area contributed by atoms with Crippen LogP contribution in [0.1, 0.15) is 0 Å². The molecule has 68 valence electrons. The minimum atomic E-state index is -1.00. The molecule has 1 fully saturated rings. The van der Waals surface area contributed by atoms with Crippen LogP contribution in [0.25, 0.3) is 0 Å². The summed E-state index contributed by atoms with van der Waals surface area (Å²) >= 11 is 0. The number of carbonyl (C=O) groups excluding carboxylic acids is 2. The zero-order chi connectivity index (χ0) is 8.97. The second-order valence-corrected chi connectivity index (χ2v) is 2.35. The number of rotatable bonds is 0. The van der Waals surface area contributed by atoms with Gasteiger partial charge < -0.3 is 9.64 Å². The lowest BCUT2D eigenvalue weighted by atomic mass is 10.4. The third-order valence-electron chi connectivity index (χ3n) is 1.59. The summed E-state index contributed by atoms with van der Waals surface area (Å²) in [6.45, 7) is 1.66. The summed E-state index contributed by atoms with van der Waals surface area (Å²) in [6, 6.07) is 0. The summed E-state index contributed by atoms with van der Waals surface area (Å²) in [5, 5.41) is 8.16. The molecule has 12 heavy (non-hydrogen) atoms. The maximum absolute atomic E-state index is 11.0. The van der Waals surface area contributed by atoms with E-state index in [1.54, 1.807) is 0 Å². The Hall–Kier alpha value is -1.14. The maximum atomic E-state index is 11.0. The summed E-state index contributed by atoms with van der Waals surface area (Å²) in [4.78, 5) is 23.0. The number of morpholine rings is 1. The smallest absolute Gasteiger partial charge is 0.332 e. The van der Waals surface area contributed by atoms with Crippen LogP contribution in [0.2, 0.25) is 0 Å². The van der Waals surface area contributed by atoms with Crippen molar-refractivity contribution >= 4 is 11.8 Å². The molecule has 0 aromatic carbocycles. The molecule has 0 aromatic rings. The third kappa shape index (κ3) is 1.93. The van der Waals surface area contributed by atoms with Gasteiger partial charge in [0.1, 0.15) is 0 Å². The van der Waals surface area contributed by atoms with Crippen LogP contribution in [0.5, 0.6) is 0 Å². The van der Waals surface area contributed by atoms with E-state index in [0.717, 1.165) is 0 Å². The predicted molar refractivity (Wildman–Crippen MR) is 37.3 cm³/mol. The van der Waals surface area contributed by atoms with Gasteiger partial charge in [0.05, 0.1) is 13.2 Å².